The van der Waals surface area contributed by atoms with E-state index in [2.05, 4.69) is 6.58 Å². The standard InChI is InChI=1S/C10H11BF3O/c1-3-6-15-9-4-5-10(8(2)7-9)11(12,13)14/h3-5,7H,1,6H2,2H3/q-1. The van der Waals surface area contributed by atoms with Crippen LogP contribution in [0.5, 0.6) is 5.75 Å². The van der Waals surface area contributed by atoms with Crippen LogP contribution < -0.4 is 10.2 Å². The first-order valence-corrected chi connectivity index (χ1v) is 4.49. The lowest BCUT2D eigenvalue weighted by Crippen LogP contribution is -2.35. The van der Waals surface area contributed by atoms with E-state index in [0.717, 1.165) is 6.07 Å². The summed E-state index contributed by atoms with van der Waals surface area (Å²) < 4.78 is 42.4. The highest BCUT2D eigenvalue weighted by Gasteiger charge is 2.27. The zero-order valence-electron chi connectivity index (χ0n) is 8.34. The summed E-state index contributed by atoms with van der Waals surface area (Å²) in [5.41, 5.74) is -0.384. The number of benzene rings is 1. The van der Waals surface area contributed by atoms with E-state index in [9.17, 15) is 12.9 Å². The minimum Gasteiger partial charge on any atom is -0.490 e. The van der Waals surface area contributed by atoms with Gasteiger partial charge in [-0.05, 0) is 19.1 Å². The highest BCUT2D eigenvalue weighted by atomic mass is 19.4. The Morgan fingerprint density at radius 3 is 2.53 bits per heavy atom. The van der Waals surface area contributed by atoms with Crippen molar-refractivity contribution in [1.29, 1.82) is 0 Å². The number of rotatable bonds is 4. The van der Waals surface area contributed by atoms with Gasteiger partial charge in [0.1, 0.15) is 12.4 Å². The van der Waals surface area contributed by atoms with Gasteiger partial charge in [-0.25, -0.2) is 0 Å². The molecule has 0 aromatic heterocycles. The molecule has 15 heavy (non-hydrogen) atoms. The van der Waals surface area contributed by atoms with Gasteiger partial charge < -0.3 is 17.7 Å². The Morgan fingerprint density at radius 1 is 1.40 bits per heavy atom. The normalized spacial score (nSPS) is 11.2. The second-order valence-electron chi connectivity index (χ2n) is 3.19. The summed E-state index contributed by atoms with van der Waals surface area (Å²) in [5, 5.41) is 0. The summed E-state index contributed by atoms with van der Waals surface area (Å²) in [4.78, 5) is 0. The fourth-order valence-electron chi connectivity index (χ4n) is 1.26. The van der Waals surface area contributed by atoms with Gasteiger partial charge >= 0.3 is 6.98 Å². The summed E-state index contributed by atoms with van der Waals surface area (Å²) in [6.45, 7) is 0.227. The van der Waals surface area contributed by atoms with Crippen LogP contribution in [0.3, 0.4) is 0 Å². The molecule has 82 valence electrons. The van der Waals surface area contributed by atoms with E-state index in [0.29, 0.717) is 5.75 Å². The van der Waals surface area contributed by atoms with E-state index in [1.807, 2.05) is 0 Å². The molecule has 0 saturated heterocycles. The van der Waals surface area contributed by atoms with Gasteiger partial charge in [-0.2, -0.15) is 0 Å². The highest BCUT2D eigenvalue weighted by Crippen LogP contribution is 2.17. The van der Waals surface area contributed by atoms with Gasteiger partial charge in [-0.15, -0.1) is 5.46 Å². The molecule has 0 saturated carbocycles. The van der Waals surface area contributed by atoms with Crippen molar-refractivity contribution in [2.75, 3.05) is 6.61 Å². The summed E-state index contributed by atoms with van der Waals surface area (Å²) in [7, 11) is 0. The topological polar surface area (TPSA) is 9.23 Å². The molecule has 0 aliphatic heterocycles. The molecule has 0 radical (unpaired) electrons. The van der Waals surface area contributed by atoms with E-state index in [4.69, 9.17) is 4.74 Å². The van der Waals surface area contributed by atoms with Crippen LogP contribution in [0.15, 0.2) is 30.9 Å². The molecule has 0 fully saturated rings. The number of hydrogen-bond donors (Lipinski definition) is 0. The Balaban J connectivity index is 2.93. The van der Waals surface area contributed by atoms with Crippen molar-refractivity contribution in [2.45, 2.75) is 6.92 Å². The van der Waals surface area contributed by atoms with E-state index in [1.165, 1.54) is 25.1 Å². The predicted octanol–water partition coefficient (Wildman–Crippen LogP) is 2.61. The lowest BCUT2D eigenvalue weighted by atomic mass is 9.77. The maximum absolute atomic E-state index is 12.4. The van der Waals surface area contributed by atoms with Gasteiger partial charge in [0.15, 0.2) is 0 Å². The van der Waals surface area contributed by atoms with Crippen LogP contribution >= 0.6 is 0 Å². The second kappa shape index (κ2) is 4.42. The van der Waals surface area contributed by atoms with E-state index >= 15 is 0 Å². The molecule has 5 heteroatoms. The molecular formula is C10H11BF3O-. The molecule has 0 aliphatic carbocycles. The average molecular weight is 215 g/mol. The third-order valence-electron chi connectivity index (χ3n) is 1.96. The molecule has 0 N–H and O–H groups in total. The van der Waals surface area contributed by atoms with Crippen molar-refractivity contribution in [1.82, 2.24) is 0 Å². The maximum Gasteiger partial charge on any atom is 0.509 e. The Kier molecular flexibility index (Phi) is 3.45. The first-order chi connectivity index (χ1) is 6.95. The van der Waals surface area contributed by atoms with E-state index in [-0.39, 0.29) is 12.2 Å². The van der Waals surface area contributed by atoms with Gasteiger partial charge in [0.2, 0.25) is 0 Å². The minimum absolute atomic E-state index is 0.184. The van der Waals surface area contributed by atoms with Crippen molar-refractivity contribution >= 4 is 12.4 Å². The van der Waals surface area contributed by atoms with Crippen molar-refractivity contribution in [2.24, 2.45) is 0 Å². The fourth-order valence-corrected chi connectivity index (χ4v) is 1.26. The third-order valence-corrected chi connectivity index (χ3v) is 1.96. The van der Waals surface area contributed by atoms with Gasteiger partial charge in [0.05, 0.1) is 0 Å². The maximum atomic E-state index is 12.4. The summed E-state index contributed by atoms with van der Waals surface area (Å²) in [6, 6.07) is 3.75. The minimum atomic E-state index is -4.94. The zero-order valence-corrected chi connectivity index (χ0v) is 8.34. The molecule has 1 aromatic rings. The van der Waals surface area contributed by atoms with Gasteiger partial charge in [-0.1, -0.05) is 24.3 Å². The highest BCUT2D eigenvalue weighted by molar-refractivity contribution is 6.74. The monoisotopic (exact) mass is 215 g/mol. The van der Waals surface area contributed by atoms with E-state index in [1.54, 1.807) is 0 Å². The molecule has 1 rings (SSSR count). The molecule has 1 nitrogen and oxygen atoms in total. The van der Waals surface area contributed by atoms with Gasteiger partial charge in [0, 0.05) is 0 Å². The van der Waals surface area contributed by atoms with Crippen molar-refractivity contribution < 1.29 is 17.7 Å². The average Bonchev–Trinajstić information content (AvgIpc) is 2.12. The van der Waals surface area contributed by atoms with Gasteiger partial charge in [0.25, 0.3) is 0 Å². The third kappa shape index (κ3) is 3.04. The number of halogens is 3. The lowest BCUT2D eigenvalue weighted by molar-refractivity contribution is 0.363. The Bertz CT molecular complexity index is 360. The fraction of sp³-hybridized carbons (Fsp3) is 0.200. The Labute approximate surface area is 86.6 Å². The molecule has 0 unspecified atom stereocenters. The van der Waals surface area contributed by atoms with Crippen molar-refractivity contribution in [3.05, 3.63) is 36.4 Å². The van der Waals surface area contributed by atoms with Crippen LogP contribution in [0.4, 0.5) is 12.9 Å². The molecule has 0 heterocycles. The number of ether oxygens (including phenoxy) is 1. The molecule has 0 bridgehead atoms. The second-order valence-corrected chi connectivity index (χ2v) is 3.19. The van der Waals surface area contributed by atoms with Crippen LogP contribution in [0, 0.1) is 6.92 Å². The first-order valence-electron chi connectivity index (χ1n) is 4.49. The van der Waals surface area contributed by atoms with E-state index < -0.39 is 12.4 Å². The molecule has 0 atom stereocenters. The smallest absolute Gasteiger partial charge is 0.490 e. The zero-order chi connectivity index (χ0) is 11.5. The molecule has 0 spiro atoms. The van der Waals surface area contributed by atoms with Crippen molar-refractivity contribution in [3.63, 3.8) is 0 Å². The SMILES string of the molecule is C=CCOc1ccc([B-](F)(F)F)c(C)c1. The first kappa shape index (κ1) is 11.7. The largest absolute Gasteiger partial charge is 0.509 e. The lowest BCUT2D eigenvalue weighted by Gasteiger charge is -2.18. The molecule has 1 aromatic carbocycles. The molecular weight excluding hydrogens is 204 g/mol. The van der Waals surface area contributed by atoms with Crippen molar-refractivity contribution in [3.8, 4) is 5.75 Å². The number of aryl methyl sites for hydroxylation is 1. The molecule has 0 aliphatic rings. The van der Waals surface area contributed by atoms with Crippen LogP contribution in [0.2, 0.25) is 0 Å². The van der Waals surface area contributed by atoms with Gasteiger partial charge in [-0.3, -0.25) is 0 Å². The number of hydrogen-bond acceptors (Lipinski definition) is 1. The predicted molar refractivity (Wildman–Crippen MR) is 55.6 cm³/mol. The van der Waals surface area contributed by atoms with Crippen LogP contribution in [0.1, 0.15) is 5.56 Å². The Hall–Kier alpha value is -1.39. The van der Waals surface area contributed by atoms with Crippen LogP contribution in [0.25, 0.3) is 0 Å². The summed E-state index contributed by atoms with van der Waals surface area (Å²) in [5.74, 6) is 0.427. The van der Waals surface area contributed by atoms with Crippen LogP contribution in [-0.2, 0) is 0 Å². The summed E-state index contributed by atoms with van der Waals surface area (Å²) >= 11 is 0. The Morgan fingerprint density at radius 2 is 2.07 bits per heavy atom. The quantitative estimate of drug-likeness (QED) is 0.554. The summed E-state index contributed by atoms with van der Waals surface area (Å²) in [6.07, 6.45) is 1.54. The molecule has 0 amide bonds. The van der Waals surface area contributed by atoms with Crippen LogP contribution in [-0.4, -0.2) is 13.6 Å².